The Morgan fingerprint density at radius 3 is 2.55 bits per heavy atom. The molecule has 118 valence electrons. The minimum absolute atomic E-state index is 0.0776. The SMILES string of the molecule is COc1cc(OC)c2c(c1)C(=O)N(CC(C)(C)CO)C2C#N. The molecule has 22 heavy (non-hydrogen) atoms. The lowest BCUT2D eigenvalue weighted by Crippen LogP contribution is -2.38. The lowest BCUT2D eigenvalue weighted by Gasteiger charge is -2.30. The molecule has 0 radical (unpaired) electrons. The molecule has 1 aliphatic rings. The van der Waals surface area contributed by atoms with E-state index in [1.54, 1.807) is 12.1 Å². The summed E-state index contributed by atoms with van der Waals surface area (Å²) in [4.78, 5) is 14.2. The number of hydrogen-bond donors (Lipinski definition) is 1. The van der Waals surface area contributed by atoms with Gasteiger partial charge in [0.25, 0.3) is 5.91 Å². The van der Waals surface area contributed by atoms with E-state index >= 15 is 0 Å². The minimum Gasteiger partial charge on any atom is -0.497 e. The molecule has 0 fully saturated rings. The fraction of sp³-hybridized carbons (Fsp3) is 0.500. The normalized spacial score (nSPS) is 17.2. The fourth-order valence-electron chi connectivity index (χ4n) is 2.58. The second-order valence-electron chi connectivity index (χ2n) is 6.08. The van der Waals surface area contributed by atoms with Crippen molar-refractivity contribution in [3.05, 3.63) is 23.3 Å². The van der Waals surface area contributed by atoms with E-state index < -0.39 is 11.5 Å². The highest BCUT2D eigenvalue weighted by atomic mass is 16.5. The molecule has 1 heterocycles. The molecule has 1 N–H and O–H groups in total. The number of benzene rings is 1. The van der Waals surface area contributed by atoms with E-state index in [0.29, 0.717) is 22.6 Å². The summed E-state index contributed by atoms with van der Waals surface area (Å²) in [5, 5.41) is 19.0. The van der Waals surface area contributed by atoms with Gasteiger partial charge in [-0.3, -0.25) is 4.79 Å². The van der Waals surface area contributed by atoms with Gasteiger partial charge in [0.2, 0.25) is 0 Å². The van der Waals surface area contributed by atoms with Crippen LogP contribution in [0.25, 0.3) is 0 Å². The van der Waals surface area contributed by atoms with Crippen molar-refractivity contribution < 1.29 is 19.4 Å². The Kier molecular flexibility index (Phi) is 4.29. The molecule has 2 rings (SSSR count). The van der Waals surface area contributed by atoms with E-state index in [0.717, 1.165) is 0 Å². The zero-order valence-corrected chi connectivity index (χ0v) is 13.2. The Hall–Kier alpha value is -2.26. The number of aliphatic hydroxyl groups is 1. The van der Waals surface area contributed by atoms with E-state index in [1.165, 1.54) is 19.1 Å². The number of methoxy groups -OCH3 is 2. The van der Waals surface area contributed by atoms with Gasteiger partial charge in [0, 0.05) is 30.2 Å². The molecule has 6 heteroatoms. The largest absolute Gasteiger partial charge is 0.497 e. The molecule has 6 nitrogen and oxygen atoms in total. The van der Waals surface area contributed by atoms with Gasteiger partial charge in [-0.25, -0.2) is 0 Å². The number of hydrogen-bond acceptors (Lipinski definition) is 5. The molecule has 0 aromatic heterocycles. The smallest absolute Gasteiger partial charge is 0.255 e. The van der Waals surface area contributed by atoms with Gasteiger partial charge < -0.3 is 19.5 Å². The summed E-state index contributed by atoms with van der Waals surface area (Å²) in [5.74, 6) is 0.711. The number of nitrogens with zero attached hydrogens (tertiary/aromatic N) is 2. The molecular formula is C16H20N2O4. The Bertz CT molecular complexity index is 634. The average Bonchev–Trinajstić information content (AvgIpc) is 2.78. The van der Waals surface area contributed by atoms with Crippen LogP contribution >= 0.6 is 0 Å². The van der Waals surface area contributed by atoms with Gasteiger partial charge in [0.1, 0.15) is 17.5 Å². The number of aliphatic hydroxyl groups excluding tert-OH is 1. The zero-order chi connectivity index (χ0) is 16.5. The number of fused-ring (bicyclic) bond motifs is 1. The Morgan fingerprint density at radius 1 is 1.36 bits per heavy atom. The highest BCUT2D eigenvalue weighted by molar-refractivity contribution is 6.01. The molecule has 0 saturated heterocycles. The summed E-state index contributed by atoms with van der Waals surface area (Å²) in [7, 11) is 3.00. The molecule has 0 saturated carbocycles. The lowest BCUT2D eigenvalue weighted by atomic mass is 9.93. The molecule has 0 aliphatic carbocycles. The third-order valence-corrected chi connectivity index (χ3v) is 3.80. The van der Waals surface area contributed by atoms with Crippen LogP contribution in [0.2, 0.25) is 0 Å². The quantitative estimate of drug-likeness (QED) is 0.896. The van der Waals surface area contributed by atoms with Crippen LogP contribution in [0.1, 0.15) is 35.8 Å². The van der Waals surface area contributed by atoms with Crippen LogP contribution in [0.15, 0.2) is 12.1 Å². The molecule has 1 aliphatic heterocycles. The van der Waals surface area contributed by atoms with Gasteiger partial charge in [-0.2, -0.15) is 5.26 Å². The van der Waals surface area contributed by atoms with Gasteiger partial charge in [-0.15, -0.1) is 0 Å². The molecule has 1 unspecified atom stereocenters. The van der Waals surface area contributed by atoms with Gasteiger partial charge in [-0.1, -0.05) is 13.8 Å². The predicted octanol–water partition coefficient (Wildman–Crippen LogP) is 1.74. The van der Waals surface area contributed by atoms with Crippen LogP contribution in [-0.4, -0.2) is 43.3 Å². The van der Waals surface area contributed by atoms with Crippen LogP contribution in [0.5, 0.6) is 11.5 Å². The van der Waals surface area contributed by atoms with Gasteiger partial charge in [0.05, 0.1) is 25.9 Å². The van der Waals surface area contributed by atoms with E-state index in [-0.39, 0.29) is 19.1 Å². The summed E-state index contributed by atoms with van der Waals surface area (Å²) in [5.41, 5.74) is 0.477. The zero-order valence-electron chi connectivity index (χ0n) is 13.2. The molecule has 0 bridgehead atoms. The Labute approximate surface area is 129 Å². The molecule has 1 atom stereocenters. The van der Waals surface area contributed by atoms with E-state index in [1.807, 2.05) is 13.8 Å². The topological polar surface area (TPSA) is 82.8 Å². The van der Waals surface area contributed by atoms with Crippen molar-refractivity contribution >= 4 is 5.91 Å². The summed E-state index contributed by atoms with van der Waals surface area (Å²) in [6.45, 7) is 3.89. The van der Waals surface area contributed by atoms with Crippen molar-refractivity contribution in [3.8, 4) is 17.6 Å². The van der Waals surface area contributed by atoms with Crippen LogP contribution in [0.4, 0.5) is 0 Å². The highest BCUT2D eigenvalue weighted by Gasteiger charge is 2.42. The van der Waals surface area contributed by atoms with E-state index in [2.05, 4.69) is 6.07 Å². The number of ether oxygens (including phenoxy) is 2. The number of amides is 1. The standard InChI is InChI=1S/C16H20N2O4/c1-16(2,9-19)8-18-12(7-17)14-11(15(18)20)5-10(21-3)6-13(14)22-4/h5-6,12,19H,8-9H2,1-4H3. The van der Waals surface area contributed by atoms with Crippen LogP contribution in [-0.2, 0) is 0 Å². The maximum absolute atomic E-state index is 12.7. The first-order valence-electron chi connectivity index (χ1n) is 6.96. The van der Waals surface area contributed by atoms with Crippen LogP contribution in [0.3, 0.4) is 0 Å². The first-order chi connectivity index (χ1) is 10.4. The fourth-order valence-corrected chi connectivity index (χ4v) is 2.58. The van der Waals surface area contributed by atoms with Gasteiger partial charge >= 0.3 is 0 Å². The maximum atomic E-state index is 12.7. The molecule has 1 amide bonds. The molecular weight excluding hydrogens is 284 g/mol. The minimum atomic E-state index is -0.728. The van der Waals surface area contributed by atoms with E-state index in [9.17, 15) is 15.2 Å². The van der Waals surface area contributed by atoms with Crippen molar-refractivity contribution in [2.45, 2.75) is 19.9 Å². The van der Waals surface area contributed by atoms with Gasteiger partial charge in [-0.05, 0) is 6.07 Å². The summed E-state index contributed by atoms with van der Waals surface area (Å²) < 4.78 is 10.5. The number of rotatable bonds is 5. The number of carbonyl (C=O) groups is 1. The van der Waals surface area contributed by atoms with Crippen LogP contribution < -0.4 is 9.47 Å². The van der Waals surface area contributed by atoms with Gasteiger partial charge in [0.15, 0.2) is 0 Å². The first-order valence-corrected chi connectivity index (χ1v) is 6.96. The van der Waals surface area contributed by atoms with Crippen molar-refractivity contribution in [2.24, 2.45) is 5.41 Å². The van der Waals surface area contributed by atoms with Crippen molar-refractivity contribution in [3.63, 3.8) is 0 Å². The Balaban J connectivity index is 2.52. The van der Waals surface area contributed by atoms with Crippen molar-refractivity contribution in [2.75, 3.05) is 27.4 Å². The Morgan fingerprint density at radius 2 is 2.05 bits per heavy atom. The third-order valence-electron chi connectivity index (χ3n) is 3.80. The van der Waals surface area contributed by atoms with E-state index in [4.69, 9.17) is 9.47 Å². The average molecular weight is 304 g/mol. The summed E-state index contributed by atoms with van der Waals surface area (Å²) in [6, 6.07) is 4.72. The molecule has 1 aromatic rings. The van der Waals surface area contributed by atoms with Crippen LogP contribution in [0, 0.1) is 16.7 Å². The number of carbonyl (C=O) groups excluding carboxylic acids is 1. The second-order valence-corrected chi connectivity index (χ2v) is 6.08. The first kappa shape index (κ1) is 16.1. The summed E-state index contributed by atoms with van der Waals surface area (Å²) in [6.07, 6.45) is 0. The highest BCUT2D eigenvalue weighted by Crippen LogP contribution is 2.42. The number of nitriles is 1. The predicted molar refractivity (Wildman–Crippen MR) is 79.8 cm³/mol. The maximum Gasteiger partial charge on any atom is 0.255 e. The van der Waals surface area contributed by atoms with Crippen molar-refractivity contribution in [1.82, 2.24) is 4.90 Å². The summed E-state index contributed by atoms with van der Waals surface area (Å²) >= 11 is 0. The van der Waals surface area contributed by atoms with Crippen molar-refractivity contribution in [1.29, 1.82) is 5.26 Å². The monoisotopic (exact) mass is 304 g/mol. The molecule has 0 spiro atoms. The third kappa shape index (κ3) is 2.60. The lowest BCUT2D eigenvalue weighted by molar-refractivity contribution is 0.0590. The second kappa shape index (κ2) is 5.85. The molecule has 1 aromatic carbocycles.